The molecule has 0 fully saturated rings. The Balaban J connectivity index is 0.00000576. The smallest absolute Gasteiger partial charge is 0.211 e. The second-order valence-corrected chi connectivity index (χ2v) is 7.94. The van der Waals surface area contributed by atoms with Crippen molar-refractivity contribution in [2.24, 2.45) is 4.99 Å². The third kappa shape index (κ3) is 10.0. The zero-order valence-corrected chi connectivity index (χ0v) is 18.6. The van der Waals surface area contributed by atoms with Gasteiger partial charge in [-0.15, -0.1) is 24.0 Å². The molecule has 0 aliphatic rings. The molecule has 0 bridgehead atoms. The highest BCUT2D eigenvalue weighted by Crippen LogP contribution is 2.15. The van der Waals surface area contributed by atoms with E-state index < -0.39 is 10.0 Å². The number of aryl methyl sites for hydroxylation is 1. The molecule has 8 heteroatoms. The summed E-state index contributed by atoms with van der Waals surface area (Å²) in [5.41, 5.74) is 2.56. The molecule has 0 aromatic heterocycles. The minimum atomic E-state index is -3.11. The van der Waals surface area contributed by atoms with Gasteiger partial charge >= 0.3 is 0 Å². The van der Waals surface area contributed by atoms with Crippen molar-refractivity contribution in [2.45, 2.75) is 33.1 Å². The lowest BCUT2D eigenvalue weighted by molar-refractivity contribution is 0.579. The standard InChI is InChI=1S/C17H30N4O2S.HI/c1-5-24(22,23)21-11-7-10-19-17(18-4)20-13-15(3)16-9-6-8-14(2)12-16;/h6,8-9,12,15,21H,5,7,10-11,13H2,1-4H3,(H2,18,19,20);1H. The fourth-order valence-corrected chi connectivity index (χ4v) is 2.85. The monoisotopic (exact) mass is 482 g/mol. The van der Waals surface area contributed by atoms with Gasteiger partial charge in [-0.3, -0.25) is 4.99 Å². The van der Waals surface area contributed by atoms with Crippen LogP contribution in [0.15, 0.2) is 29.3 Å². The van der Waals surface area contributed by atoms with Gasteiger partial charge in [0.05, 0.1) is 5.75 Å². The van der Waals surface area contributed by atoms with E-state index in [1.165, 1.54) is 11.1 Å². The van der Waals surface area contributed by atoms with Gasteiger partial charge < -0.3 is 10.6 Å². The van der Waals surface area contributed by atoms with Gasteiger partial charge in [-0.25, -0.2) is 13.1 Å². The number of rotatable bonds is 9. The van der Waals surface area contributed by atoms with Gasteiger partial charge in [-0.1, -0.05) is 36.8 Å². The van der Waals surface area contributed by atoms with Crippen molar-refractivity contribution >= 4 is 40.0 Å². The first kappa shape index (κ1) is 24.1. The lowest BCUT2D eigenvalue weighted by Crippen LogP contribution is -2.40. The lowest BCUT2D eigenvalue weighted by Gasteiger charge is -2.17. The van der Waals surface area contributed by atoms with Crippen LogP contribution in [0.1, 0.15) is 37.3 Å². The highest BCUT2D eigenvalue weighted by atomic mass is 127. The number of nitrogens with one attached hydrogen (secondary N) is 3. The molecule has 1 aromatic rings. The molecule has 1 rings (SSSR count). The molecule has 1 unspecified atom stereocenters. The number of nitrogens with zero attached hydrogens (tertiary/aromatic N) is 1. The van der Waals surface area contributed by atoms with E-state index in [0.717, 1.165) is 12.5 Å². The number of hydrogen-bond donors (Lipinski definition) is 3. The highest BCUT2D eigenvalue weighted by Gasteiger charge is 2.07. The molecule has 0 aliphatic heterocycles. The maximum absolute atomic E-state index is 11.3. The number of halogens is 1. The molecule has 25 heavy (non-hydrogen) atoms. The molecular weight excluding hydrogens is 451 g/mol. The van der Waals surface area contributed by atoms with Crippen molar-refractivity contribution in [3.63, 3.8) is 0 Å². The van der Waals surface area contributed by atoms with Crippen molar-refractivity contribution in [1.82, 2.24) is 15.4 Å². The van der Waals surface area contributed by atoms with Crippen molar-refractivity contribution in [1.29, 1.82) is 0 Å². The van der Waals surface area contributed by atoms with Gasteiger partial charge in [-0.2, -0.15) is 0 Å². The van der Waals surface area contributed by atoms with Crippen LogP contribution in [0.4, 0.5) is 0 Å². The summed E-state index contributed by atoms with van der Waals surface area (Å²) in [5.74, 6) is 1.22. The minimum absolute atomic E-state index is 0. The Bertz CT molecular complexity index is 635. The lowest BCUT2D eigenvalue weighted by atomic mass is 9.99. The first-order chi connectivity index (χ1) is 11.4. The van der Waals surface area contributed by atoms with Crippen molar-refractivity contribution in [2.75, 3.05) is 32.4 Å². The summed E-state index contributed by atoms with van der Waals surface area (Å²) in [6.45, 7) is 7.77. The summed E-state index contributed by atoms with van der Waals surface area (Å²) in [7, 11) is -1.38. The number of aliphatic imine (C=N–C) groups is 1. The van der Waals surface area contributed by atoms with Crippen LogP contribution in [0.5, 0.6) is 0 Å². The van der Waals surface area contributed by atoms with Crippen LogP contribution in [0.2, 0.25) is 0 Å². The second-order valence-electron chi connectivity index (χ2n) is 5.85. The maximum atomic E-state index is 11.3. The van der Waals surface area contributed by atoms with E-state index in [1.54, 1.807) is 14.0 Å². The predicted octanol–water partition coefficient (Wildman–Crippen LogP) is 2.21. The average molecular weight is 482 g/mol. The molecule has 0 amide bonds. The van der Waals surface area contributed by atoms with Crippen molar-refractivity contribution in [3.05, 3.63) is 35.4 Å². The van der Waals surface area contributed by atoms with Crippen LogP contribution in [0, 0.1) is 6.92 Å². The molecule has 3 N–H and O–H groups in total. The van der Waals surface area contributed by atoms with Gasteiger partial charge in [0.2, 0.25) is 10.0 Å². The molecule has 0 saturated carbocycles. The summed E-state index contributed by atoms with van der Waals surface area (Å²) in [5, 5.41) is 6.50. The SMILES string of the molecule is CCS(=O)(=O)NCCCNC(=NC)NCC(C)c1cccc(C)c1.I. The fourth-order valence-electron chi connectivity index (χ4n) is 2.19. The summed E-state index contributed by atoms with van der Waals surface area (Å²) < 4.78 is 25.2. The zero-order valence-electron chi connectivity index (χ0n) is 15.5. The predicted molar refractivity (Wildman–Crippen MR) is 116 cm³/mol. The summed E-state index contributed by atoms with van der Waals surface area (Å²) >= 11 is 0. The van der Waals surface area contributed by atoms with Crippen LogP contribution >= 0.6 is 24.0 Å². The number of hydrogen-bond acceptors (Lipinski definition) is 3. The van der Waals surface area contributed by atoms with Crippen LogP contribution in [-0.2, 0) is 10.0 Å². The fraction of sp³-hybridized carbons (Fsp3) is 0.588. The molecule has 0 saturated heterocycles. The maximum Gasteiger partial charge on any atom is 0.211 e. The number of guanidine groups is 1. The molecule has 144 valence electrons. The van der Waals surface area contributed by atoms with E-state index >= 15 is 0 Å². The number of benzene rings is 1. The van der Waals surface area contributed by atoms with Gasteiger partial charge in [-0.05, 0) is 31.7 Å². The van der Waals surface area contributed by atoms with Crippen LogP contribution in [-0.4, -0.2) is 46.8 Å². The molecular formula is C17H31IN4O2S. The van der Waals surface area contributed by atoms with Gasteiger partial charge in [0.25, 0.3) is 0 Å². The summed E-state index contributed by atoms with van der Waals surface area (Å²) in [6, 6.07) is 8.50. The third-order valence-electron chi connectivity index (χ3n) is 3.76. The topological polar surface area (TPSA) is 82.6 Å². The Morgan fingerprint density at radius 3 is 2.56 bits per heavy atom. The second kappa shape index (κ2) is 12.5. The Morgan fingerprint density at radius 2 is 1.96 bits per heavy atom. The Hall–Kier alpha value is -0.870. The molecule has 0 radical (unpaired) electrons. The zero-order chi connectivity index (χ0) is 18.0. The van der Waals surface area contributed by atoms with Gasteiger partial charge in [0, 0.05) is 26.7 Å². The van der Waals surface area contributed by atoms with Crippen LogP contribution in [0.3, 0.4) is 0 Å². The van der Waals surface area contributed by atoms with Gasteiger partial charge in [0.15, 0.2) is 5.96 Å². The normalized spacial score (nSPS) is 13.0. The quantitative estimate of drug-likeness (QED) is 0.218. The van der Waals surface area contributed by atoms with Crippen molar-refractivity contribution in [3.8, 4) is 0 Å². The molecule has 1 aromatic carbocycles. The highest BCUT2D eigenvalue weighted by molar-refractivity contribution is 14.0. The van der Waals surface area contributed by atoms with E-state index in [2.05, 4.69) is 58.5 Å². The molecule has 0 heterocycles. The van der Waals surface area contributed by atoms with Crippen LogP contribution in [0.25, 0.3) is 0 Å². The average Bonchev–Trinajstić information content (AvgIpc) is 2.57. The molecule has 0 aliphatic carbocycles. The van der Waals surface area contributed by atoms with E-state index in [9.17, 15) is 8.42 Å². The van der Waals surface area contributed by atoms with E-state index in [1.807, 2.05) is 0 Å². The van der Waals surface area contributed by atoms with Gasteiger partial charge in [0.1, 0.15) is 0 Å². The number of sulfonamides is 1. The first-order valence-electron chi connectivity index (χ1n) is 8.36. The van der Waals surface area contributed by atoms with E-state index in [0.29, 0.717) is 25.4 Å². The molecule has 6 nitrogen and oxygen atoms in total. The molecule has 1 atom stereocenters. The summed E-state index contributed by atoms with van der Waals surface area (Å²) in [4.78, 5) is 4.19. The Kier molecular flexibility index (Phi) is 12.0. The largest absolute Gasteiger partial charge is 0.356 e. The Morgan fingerprint density at radius 1 is 1.24 bits per heavy atom. The third-order valence-corrected chi connectivity index (χ3v) is 5.16. The summed E-state index contributed by atoms with van der Waals surface area (Å²) in [6.07, 6.45) is 0.702. The minimum Gasteiger partial charge on any atom is -0.356 e. The first-order valence-corrected chi connectivity index (χ1v) is 10.0. The van der Waals surface area contributed by atoms with E-state index in [4.69, 9.17) is 0 Å². The van der Waals surface area contributed by atoms with E-state index in [-0.39, 0.29) is 29.7 Å². The van der Waals surface area contributed by atoms with Crippen molar-refractivity contribution < 1.29 is 8.42 Å². The van der Waals surface area contributed by atoms with Crippen LogP contribution < -0.4 is 15.4 Å². The Labute approximate surface area is 169 Å². The molecule has 0 spiro atoms.